The number of carbonyl (C=O) groups excluding carboxylic acids is 1. The molecule has 0 fully saturated rings. The minimum atomic E-state index is -3.61. The Morgan fingerprint density at radius 3 is 2.43 bits per heavy atom. The first kappa shape index (κ1) is 15.5. The lowest BCUT2D eigenvalue weighted by molar-refractivity contribution is 0.101. The number of Topliss-reactive ketones (excluding diaryl/α,β-unsaturated/α-hetero) is 1. The van der Waals surface area contributed by atoms with Crippen LogP contribution in [0.1, 0.15) is 30.0 Å². The Kier molecular flexibility index (Phi) is 4.59. The average Bonchev–Trinajstić information content (AvgIpc) is 2.90. The van der Waals surface area contributed by atoms with E-state index in [1.54, 1.807) is 25.3 Å². The van der Waals surface area contributed by atoms with Crippen molar-refractivity contribution in [2.75, 3.05) is 0 Å². The molecule has 1 aromatic heterocycles. The second-order valence-electron chi connectivity index (χ2n) is 4.89. The first-order valence-corrected chi connectivity index (χ1v) is 8.02. The van der Waals surface area contributed by atoms with E-state index in [4.69, 9.17) is 4.42 Å². The van der Waals surface area contributed by atoms with Gasteiger partial charge in [0, 0.05) is 18.0 Å². The van der Waals surface area contributed by atoms with E-state index in [0.29, 0.717) is 12.0 Å². The number of benzene rings is 1. The molecule has 2 aromatic rings. The summed E-state index contributed by atoms with van der Waals surface area (Å²) in [4.78, 5) is 11.3. The SMILES string of the molecule is CC(=O)c1ccc(S(=O)(=O)N[C@H](C)Cc2ccco2)cc1. The third kappa shape index (κ3) is 4.03. The number of hydrogen-bond donors (Lipinski definition) is 1. The van der Waals surface area contributed by atoms with Crippen molar-refractivity contribution in [1.29, 1.82) is 0 Å². The minimum Gasteiger partial charge on any atom is -0.469 e. The Morgan fingerprint density at radius 2 is 1.90 bits per heavy atom. The van der Waals surface area contributed by atoms with Crippen molar-refractivity contribution < 1.29 is 17.6 Å². The Labute approximate surface area is 124 Å². The van der Waals surface area contributed by atoms with Gasteiger partial charge < -0.3 is 4.42 Å². The third-order valence-electron chi connectivity index (χ3n) is 3.01. The molecule has 21 heavy (non-hydrogen) atoms. The van der Waals surface area contributed by atoms with Gasteiger partial charge in [-0.25, -0.2) is 13.1 Å². The molecule has 0 spiro atoms. The molecule has 0 saturated carbocycles. The Balaban J connectivity index is 2.08. The molecule has 0 amide bonds. The molecule has 0 aliphatic carbocycles. The Hall–Kier alpha value is -1.92. The maximum Gasteiger partial charge on any atom is 0.240 e. The fourth-order valence-electron chi connectivity index (χ4n) is 1.97. The van der Waals surface area contributed by atoms with Crippen molar-refractivity contribution in [1.82, 2.24) is 4.72 Å². The van der Waals surface area contributed by atoms with Crippen molar-refractivity contribution in [2.45, 2.75) is 31.2 Å². The Morgan fingerprint density at radius 1 is 1.24 bits per heavy atom. The van der Waals surface area contributed by atoms with E-state index >= 15 is 0 Å². The predicted molar refractivity (Wildman–Crippen MR) is 78.6 cm³/mol. The van der Waals surface area contributed by atoms with Crippen LogP contribution in [0.3, 0.4) is 0 Å². The number of nitrogens with one attached hydrogen (secondary N) is 1. The highest BCUT2D eigenvalue weighted by molar-refractivity contribution is 7.89. The number of carbonyl (C=O) groups is 1. The van der Waals surface area contributed by atoms with Gasteiger partial charge in [-0.1, -0.05) is 12.1 Å². The largest absolute Gasteiger partial charge is 0.469 e. The number of furan rings is 1. The maximum absolute atomic E-state index is 12.2. The molecular formula is C15H17NO4S. The summed E-state index contributed by atoms with van der Waals surface area (Å²) in [6, 6.07) is 9.14. The van der Waals surface area contributed by atoms with Gasteiger partial charge in [-0.3, -0.25) is 4.79 Å². The summed E-state index contributed by atoms with van der Waals surface area (Å²) >= 11 is 0. The van der Waals surface area contributed by atoms with Crippen LogP contribution in [0.2, 0.25) is 0 Å². The molecule has 0 unspecified atom stereocenters. The topological polar surface area (TPSA) is 76.4 Å². The molecule has 0 bridgehead atoms. The highest BCUT2D eigenvalue weighted by Crippen LogP contribution is 2.13. The van der Waals surface area contributed by atoms with Crippen LogP contribution in [0.25, 0.3) is 0 Å². The van der Waals surface area contributed by atoms with Crippen LogP contribution in [-0.4, -0.2) is 20.2 Å². The molecule has 1 atom stereocenters. The second kappa shape index (κ2) is 6.24. The van der Waals surface area contributed by atoms with E-state index in [1.165, 1.54) is 31.2 Å². The first-order chi connectivity index (χ1) is 9.88. The fraction of sp³-hybridized carbons (Fsp3) is 0.267. The van der Waals surface area contributed by atoms with Crippen molar-refractivity contribution in [3.05, 3.63) is 54.0 Å². The summed E-state index contributed by atoms with van der Waals surface area (Å²) in [5, 5.41) is 0. The van der Waals surface area contributed by atoms with Crippen molar-refractivity contribution in [3.8, 4) is 0 Å². The lowest BCUT2D eigenvalue weighted by Crippen LogP contribution is -2.34. The van der Waals surface area contributed by atoms with Crippen molar-refractivity contribution in [3.63, 3.8) is 0 Å². The van der Waals surface area contributed by atoms with Gasteiger partial charge in [0.2, 0.25) is 10.0 Å². The van der Waals surface area contributed by atoms with Crippen LogP contribution in [0.4, 0.5) is 0 Å². The van der Waals surface area contributed by atoms with Gasteiger partial charge in [-0.15, -0.1) is 0 Å². The van der Waals surface area contributed by atoms with E-state index in [0.717, 1.165) is 5.76 Å². The van der Waals surface area contributed by atoms with Gasteiger partial charge in [0.25, 0.3) is 0 Å². The molecular weight excluding hydrogens is 290 g/mol. The molecule has 6 heteroatoms. The highest BCUT2D eigenvalue weighted by Gasteiger charge is 2.18. The molecule has 1 N–H and O–H groups in total. The van der Waals surface area contributed by atoms with Crippen molar-refractivity contribution >= 4 is 15.8 Å². The normalized spacial score (nSPS) is 13.0. The monoisotopic (exact) mass is 307 g/mol. The summed E-state index contributed by atoms with van der Waals surface area (Å²) in [6.07, 6.45) is 2.02. The van der Waals surface area contributed by atoms with Crippen LogP contribution in [0.15, 0.2) is 52.0 Å². The number of rotatable bonds is 6. The average molecular weight is 307 g/mol. The zero-order valence-corrected chi connectivity index (χ0v) is 12.7. The minimum absolute atomic E-state index is 0.0990. The highest BCUT2D eigenvalue weighted by atomic mass is 32.2. The van der Waals surface area contributed by atoms with Crippen LogP contribution >= 0.6 is 0 Å². The molecule has 1 aromatic carbocycles. The second-order valence-corrected chi connectivity index (χ2v) is 6.60. The van der Waals surface area contributed by atoms with E-state index in [1.807, 2.05) is 0 Å². The molecule has 112 valence electrons. The molecule has 1 heterocycles. The lowest BCUT2D eigenvalue weighted by atomic mass is 10.2. The summed E-state index contributed by atoms with van der Waals surface area (Å²) in [5.41, 5.74) is 0.484. The zero-order chi connectivity index (χ0) is 15.5. The van der Waals surface area contributed by atoms with E-state index in [9.17, 15) is 13.2 Å². The van der Waals surface area contributed by atoms with E-state index in [2.05, 4.69) is 4.72 Å². The van der Waals surface area contributed by atoms with Gasteiger partial charge in [0.15, 0.2) is 5.78 Å². The van der Waals surface area contributed by atoms with Crippen LogP contribution in [0.5, 0.6) is 0 Å². The molecule has 0 aliphatic rings. The predicted octanol–water partition coefficient (Wildman–Crippen LogP) is 2.39. The lowest BCUT2D eigenvalue weighted by Gasteiger charge is -2.13. The summed E-state index contributed by atoms with van der Waals surface area (Å²) in [5.74, 6) is 0.621. The zero-order valence-electron chi connectivity index (χ0n) is 11.9. The number of hydrogen-bond acceptors (Lipinski definition) is 4. The molecule has 2 rings (SSSR count). The molecule has 0 radical (unpaired) electrons. The maximum atomic E-state index is 12.2. The fourth-order valence-corrected chi connectivity index (χ4v) is 3.22. The third-order valence-corrected chi connectivity index (χ3v) is 4.62. The smallest absolute Gasteiger partial charge is 0.240 e. The quantitative estimate of drug-likeness (QED) is 0.831. The van der Waals surface area contributed by atoms with Crippen LogP contribution in [-0.2, 0) is 16.4 Å². The van der Waals surface area contributed by atoms with E-state index < -0.39 is 10.0 Å². The van der Waals surface area contributed by atoms with Gasteiger partial charge in [-0.2, -0.15) is 0 Å². The molecule has 5 nitrogen and oxygen atoms in total. The van der Waals surface area contributed by atoms with Gasteiger partial charge in [0.1, 0.15) is 5.76 Å². The summed E-state index contributed by atoms with van der Waals surface area (Å²) in [6.45, 7) is 3.21. The van der Waals surface area contributed by atoms with Crippen LogP contribution in [0, 0.1) is 0 Å². The first-order valence-electron chi connectivity index (χ1n) is 6.54. The number of sulfonamides is 1. The van der Waals surface area contributed by atoms with Gasteiger partial charge >= 0.3 is 0 Å². The molecule has 0 saturated heterocycles. The van der Waals surface area contributed by atoms with Crippen LogP contribution < -0.4 is 4.72 Å². The van der Waals surface area contributed by atoms with Crippen molar-refractivity contribution in [2.24, 2.45) is 0 Å². The molecule has 0 aliphatic heterocycles. The van der Waals surface area contributed by atoms with Gasteiger partial charge in [-0.05, 0) is 38.1 Å². The summed E-state index contributed by atoms with van der Waals surface area (Å²) in [7, 11) is -3.61. The van der Waals surface area contributed by atoms with Gasteiger partial charge in [0.05, 0.1) is 11.2 Å². The summed E-state index contributed by atoms with van der Waals surface area (Å²) < 4.78 is 32.2. The standard InChI is InChI=1S/C15H17NO4S/c1-11(10-14-4-3-9-20-14)16-21(18,19)15-7-5-13(6-8-15)12(2)17/h3-9,11,16H,10H2,1-2H3/t11-/m1/s1. The number of ketones is 1. The Bertz CT molecular complexity index is 703. The van der Waals surface area contributed by atoms with E-state index in [-0.39, 0.29) is 16.7 Å².